The number of nitrogens with zero attached hydrogens (tertiary/aromatic N) is 1. The quantitative estimate of drug-likeness (QED) is 0.525. The second-order valence-electron chi connectivity index (χ2n) is 8.41. The second-order valence-corrected chi connectivity index (χ2v) is 8.41. The summed E-state index contributed by atoms with van der Waals surface area (Å²) < 4.78 is 5.96. The second kappa shape index (κ2) is 9.60. The van der Waals surface area contributed by atoms with Crippen LogP contribution in [-0.4, -0.2) is 18.6 Å². The minimum Gasteiger partial charge on any atom is -0.493 e. The third-order valence-electron chi connectivity index (χ3n) is 5.58. The molecule has 1 aliphatic rings. The Morgan fingerprint density at radius 1 is 1.21 bits per heavy atom. The number of hydrogen-bond donors (Lipinski definition) is 1. The van der Waals surface area contributed by atoms with Crippen molar-refractivity contribution >= 4 is 22.8 Å². The largest absolute Gasteiger partial charge is 0.493 e. The van der Waals surface area contributed by atoms with Gasteiger partial charge in [-0.2, -0.15) is 5.26 Å². The van der Waals surface area contributed by atoms with Crippen molar-refractivity contribution in [2.24, 2.45) is 11.8 Å². The number of benzene rings is 2. The average molecular weight is 391 g/mol. The predicted molar refractivity (Wildman–Crippen MR) is 117 cm³/mol. The maximum Gasteiger partial charge on any atom is 0.262 e. The van der Waals surface area contributed by atoms with Crippen molar-refractivity contribution in [2.45, 2.75) is 52.5 Å². The summed E-state index contributed by atoms with van der Waals surface area (Å²) in [5.41, 5.74) is 0.990. The van der Waals surface area contributed by atoms with Crippen LogP contribution in [0.25, 0.3) is 16.8 Å². The topological polar surface area (TPSA) is 62.1 Å². The van der Waals surface area contributed by atoms with Crippen molar-refractivity contribution in [1.82, 2.24) is 5.32 Å². The number of amides is 1. The molecule has 2 aromatic rings. The van der Waals surface area contributed by atoms with E-state index in [-0.39, 0.29) is 17.5 Å². The summed E-state index contributed by atoms with van der Waals surface area (Å²) in [7, 11) is 0. The fourth-order valence-corrected chi connectivity index (χ4v) is 3.88. The highest BCUT2D eigenvalue weighted by Gasteiger charge is 2.24. The van der Waals surface area contributed by atoms with Crippen molar-refractivity contribution in [3.05, 3.63) is 47.5 Å². The standard InChI is InChI=1S/C25H30N2O2/c1-17(2)16-29-24-13-12-19(21-9-5-6-10-22(21)24)14-20(15-26)25(28)27-23-11-7-4-8-18(23)3/h5-6,9-10,12-14,17-18,23H,4,7-8,11,16H2,1-3H3,(H,27,28)/b20-14+/t18-,23-/m0/s1. The summed E-state index contributed by atoms with van der Waals surface area (Å²) in [4.78, 5) is 12.7. The van der Waals surface area contributed by atoms with E-state index in [0.29, 0.717) is 18.4 Å². The first-order valence-corrected chi connectivity index (χ1v) is 10.6. The highest BCUT2D eigenvalue weighted by molar-refractivity contribution is 6.04. The van der Waals surface area contributed by atoms with Crippen LogP contribution < -0.4 is 10.1 Å². The van der Waals surface area contributed by atoms with Crippen LogP contribution in [0.3, 0.4) is 0 Å². The fraction of sp³-hybridized carbons (Fsp3) is 0.440. The molecule has 0 aliphatic heterocycles. The minimum absolute atomic E-state index is 0.142. The van der Waals surface area contributed by atoms with Crippen molar-refractivity contribution < 1.29 is 9.53 Å². The van der Waals surface area contributed by atoms with E-state index in [1.54, 1.807) is 6.08 Å². The van der Waals surface area contributed by atoms with Gasteiger partial charge in [-0.15, -0.1) is 0 Å². The molecule has 0 saturated heterocycles. The van der Waals surface area contributed by atoms with E-state index in [0.717, 1.165) is 41.3 Å². The molecule has 1 fully saturated rings. The van der Waals surface area contributed by atoms with E-state index in [1.807, 2.05) is 36.4 Å². The predicted octanol–water partition coefficient (Wildman–Crippen LogP) is 5.48. The van der Waals surface area contributed by atoms with Crippen LogP contribution in [0.1, 0.15) is 52.0 Å². The van der Waals surface area contributed by atoms with Crippen LogP contribution in [0.5, 0.6) is 5.75 Å². The third-order valence-corrected chi connectivity index (χ3v) is 5.58. The molecule has 0 heterocycles. The summed E-state index contributed by atoms with van der Waals surface area (Å²) in [6.45, 7) is 7.04. The molecule has 4 heteroatoms. The molecular formula is C25H30N2O2. The normalized spacial score (nSPS) is 19.8. The van der Waals surface area contributed by atoms with Gasteiger partial charge in [-0.25, -0.2) is 0 Å². The van der Waals surface area contributed by atoms with Gasteiger partial charge in [0.05, 0.1) is 6.61 Å². The summed E-state index contributed by atoms with van der Waals surface area (Å²) >= 11 is 0. The maximum atomic E-state index is 12.7. The summed E-state index contributed by atoms with van der Waals surface area (Å²) in [6, 6.07) is 14.0. The molecule has 1 saturated carbocycles. The molecule has 29 heavy (non-hydrogen) atoms. The van der Waals surface area contributed by atoms with Gasteiger partial charge in [-0.05, 0) is 47.8 Å². The summed E-state index contributed by atoms with van der Waals surface area (Å²) in [5.74, 6) is 1.43. The number of nitrogens with one attached hydrogen (secondary N) is 1. The van der Waals surface area contributed by atoms with Crippen molar-refractivity contribution in [3.63, 3.8) is 0 Å². The Balaban J connectivity index is 1.88. The summed E-state index contributed by atoms with van der Waals surface area (Å²) in [6.07, 6.45) is 6.14. The molecule has 1 N–H and O–H groups in total. The molecule has 0 aromatic heterocycles. The SMILES string of the molecule is CC(C)COc1ccc(/C=C(\C#N)C(=O)N[C@H]2CCCC[C@@H]2C)c2ccccc12. The number of hydrogen-bond acceptors (Lipinski definition) is 3. The lowest BCUT2D eigenvalue weighted by Gasteiger charge is -2.29. The van der Waals surface area contributed by atoms with E-state index in [9.17, 15) is 10.1 Å². The lowest BCUT2D eigenvalue weighted by atomic mass is 9.86. The number of carbonyl (C=O) groups excluding carboxylic acids is 1. The summed E-state index contributed by atoms with van der Waals surface area (Å²) in [5, 5.41) is 14.7. The molecule has 4 nitrogen and oxygen atoms in total. The zero-order valence-corrected chi connectivity index (χ0v) is 17.6. The van der Waals surface area contributed by atoms with Gasteiger partial charge < -0.3 is 10.1 Å². The van der Waals surface area contributed by atoms with Crippen LogP contribution in [0.2, 0.25) is 0 Å². The number of rotatable bonds is 6. The van der Waals surface area contributed by atoms with E-state index in [1.165, 1.54) is 6.42 Å². The Hall–Kier alpha value is -2.80. The van der Waals surface area contributed by atoms with Crippen LogP contribution in [-0.2, 0) is 4.79 Å². The van der Waals surface area contributed by atoms with E-state index >= 15 is 0 Å². The molecule has 2 atom stereocenters. The molecule has 0 bridgehead atoms. The number of carbonyl (C=O) groups is 1. The molecule has 0 spiro atoms. The van der Waals surface area contributed by atoms with Gasteiger partial charge in [0, 0.05) is 11.4 Å². The van der Waals surface area contributed by atoms with Crippen LogP contribution in [0.15, 0.2) is 42.0 Å². The Bertz CT molecular complexity index is 939. The molecule has 1 aliphatic carbocycles. The third kappa shape index (κ3) is 5.17. The van der Waals surface area contributed by atoms with Crippen LogP contribution in [0.4, 0.5) is 0 Å². The van der Waals surface area contributed by atoms with Crippen LogP contribution >= 0.6 is 0 Å². The van der Waals surface area contributed by atoms with E-state index < -0.39 is 0 Å². The van der Waals surface area contributed by atoms with Gasteiger partial charge >= 0.3 is 0 Å². The van der Waals surface area contributed by atoms with Gasteiger partial charge in [-0.1, -0.05) is 63.9 Å². The first kappa shape index (κ1) is 20.9. The van der Waals surface area contributed by atoms with Gasteiger partial charge in [0.25, 0.3) is 5.91 Å². The van der Waals surface area contributed by atoms with E-state index in [2.05, 4.69) is 32.2 Å². The molecule has 2 aromatic carbocycles. The Labute approximate surface area is 173 Å². The maximum absolute atomic E-state index is 12.7. The molecular weight excluding hydrogens is 360 g/mol. The van der Waals surface area contributed by atoms with Gasteiger partial charge in [0.1, 0.15) is 17.4 Å². The average Bonchev–Trinajstić information content (AvgIpc) is 2.72. The molecule has 1 amide bonds. The first-order chi connectivity index (χ1) is 14.0. The molecule has 152 valence electrons. The Kier molecular flexibility index (Phi) is 6.93. The molecule has 0 radical (unpaired) electrons. The number of fused-ring (bicyclic) bond motifs is 1. The lowest BCUT2D eigenvalue weighted by Crippen LogP contribution is -2.41. The van der Waals surface area contributed by atoms with Gasteiger partial charge in [0.2, 0.25) is 0 Å². The smallest absolute Gasteiger partial charge is 0.262 e. The van der Waals surface area contributed by atoms with E-state index in [4.69, 9.17) is 4.74 Å². The number of ether oxygens (including phenoxy) is 1. The highest BCUT2D eigenvalue weighted by atomic mass is 16.5. The Morgan fingerprint density at radius 2 is 1.93 bits per heavy atom. The van der Waals surface area contributed by atoms with Gasteiger partial charge in [0.15, 0.2) is 0 Å². The minimum atomic E-state index is -0.282. The van der Waals surface area contributed by atoms with Crippen molar-refractivity contribution in [1.29, 1.82) is 5.26 Å². The van der Waals surface area contributed by atoms with Crippen molar-refractivity contribution in [3.8, 4) is 11.8 Å². The van der Waals surface area contributed by atoms with Gasteiger partial charge in [-0.3, -0.25) is 4.79 Å². The fourth-order valence-electron chi connectivity index (χ4n) is 3.88. The molecule has 3 rings (SSSR count). The first-order valence-electron chi connectivity index (χ1n) is 10.6. The zero-order chi connectivity index (χ0) is 20.8. The zero-order valence-electron chi connectivity index (χ0n) is 17.6. The lowest BCUT2D eigenvalue weighted by molar-refractivity contribution is -0.118. The van der Waals surface area contributed by atoms with Crippen molar-refractivity contribution in [2.75, 3.05) is 6.61 Å². The monoisotopic (exact) mass is 390 g/mol. The number of nitriles is 1. The molecule has 0 unspecified atom stereocenters. The van der Waals surface area contributed by atoms with Crippen LogP contribution in [0, 0.1) is 23.2 Å². The Morgan fingerprint density at radius 3 is 2.62 bits per heavy atom. The highest BCUT2D eigenvalue weighted by Crippen LogP contribution is 2.30.